The lowest BCUT2D eigenvalue weighted by molar-refractivity contribution is -0.142. The van der Waals surface area contributed by atoms with Crippen molar-refractivity contribution in [1.29, 1.82) is 0 Å². The van der Waals surface area contributed by atoms with Gasteiger partial charge in [0.05, 0.1) is 27.6 Å². The van der Waals surface area contributed by atoms with Crippen LogP contribution in [0.2, 0.25) is 5.02 Å². The van der Waals surface area contributed by atoms with Crippen molar-refractivity contribution in [2.75, 3.05) is 13.2 Å². The highest BCUT2D eigenvalue weighted by atomic mass is 35.5. The van der Waals surface area contributed by atoms with Gasteiger partial charge in [-0.05, 0) is 99.0 Å². The number of nitrogens with zero attached hydrogens (tertiary/aromatic N) is 8. The summed E-state index contributed by atoms with van der Waals surface area (Å²) in [6.07, 6.45) is 5.22. The van der Waals surface area contributed by atoms with Crippen LogP contribution in [0.4, 0.5) is 30.7 Å². The molecule has 2 aliphatic rings. The molecule has 0 spiro atoms. The van der Waals surface area contributed by atoms with E-state index in [2.05, 4.69) is 47.9 Å². The Morgan fingerprint density at radius 1 is 0.645 bits per heavy atom. The number of terminal acetylenes is 1. The second kappa shape index (κ2) is 17.5. The van der Waals surface area contributed by atoms with Gasteiger partial charge in [0.2, 0.25) is 0 Å². The van der Waals surface area contributed by atoms with Gasteiger partial charge in [-0.25, -0.2) is 23.7 Å². The summed E-state index contributed by atoms with van der Waals surface area (Å²) in [7, 11) is 0. The predicted octanol–water partition coefficient (Wildman–Crippen LogP) is 10.6. The monoisotopic (exact) mass is 872 g/mol. The van der Waals surface area contributed by atoms with E-state index in [1.807, 2.05) is 0 Å². The summed E-state index contributed by atoms with van der Waals surface area (Å²) >= 11 is 5.90. The first-order chi connectivity index (χ1) is 29.7. The summed E-state index contributed by atoms with van der Waals surface area (Å²) in [5.41, 5.74) is 0.947. The molecule has 7 aromatic rings. The van der Waals surface area contributed by atoms with E-state index in [1.165, 1.54) is 58.4 Å². The highest BCUT2D eigenvalue weighted by Gasteiger charge is 2.40. The van der Waals surface area contributed by atoms with Crippen molar-refractivity contribution in [3.8, 4) is 46.4 Å². The molecular formula is C44H32ClF7N8O2. The first-order valence-corrected chi connectivity index (χ1v) is 19.7. The molecular weight excluding hydrogens is 841 g/mol. The molecule has 6 aromatic heterocycles. The van der Waals surface area contributed by atoms with Crippen molar-refractivity contribution in [3.63, 3.8) is 0 Å². The van der Waals surface area contributed by atoms with Crippen LogP contribution in [0.25, 0.3) is 44.3 Å². The lowest BCUT2D eigenvalue weighted by Crippen LogP contribution is -2.19. The smallest absolute Gasteiger partial charge is 0.357 e. The van der Waals surface area contributed by atoms with Crippen LogP contribution >= 0.6 is 11.6 Å². The van der Waals surface area contributed by atoms with Crippen molar-refractivity contribution < 1.29 is 40.2 Å². The number of alkyl halides is 6. The minimum absolute atomic E-state index is 0.0565. The summed E-state index contributed by atoms with van der Waals surface area (Å²) < 4.78 is 110. The molecule has 2 fully saturated rings. The second-order valence-corrected chi connectivity index (χ2v) is 14.8. The van der Waals surface area contributed by atoms with Crippen LogP contribution in [0.3, 0.4) is 0 Å². The molecule has 0 radical (unpaired) electrons. The molecule has 2 atom stereocenters. The fourth-order valence-electron chi connectivity index (χ4n) is 6.97. The maximum Gasteiger partial charge on any atom is 0.435 e. The van der Waals surface area contributed by atoms with Crippen molar-refractivity contribution in [2.24, 2.45) is 0 Å². The third kappa shape index (κ3) is 9.40. The number of pyridine rings is 4. The zero-order valence-electron chi connectivity index (χ0n) is 32.3. The SMILES string of the molecule is C#Cc1ccc2ncc(-c3cn(C4CCCCO4)nc3C(F)(F)F)cc2n1.Fc1ccc(Cl)cc1C#Cc1ccc2ncc(-c3cn(C4CCCCO4)nc3C(F)(F)F)cc2n1. The average molecular weight is 873 g/mol. The van der Waals surface area contributed by atoms with E-state index in [0.717, 1.165) is 25.7 Å². The van der Waals surface area contributed by atoms with Gasteiger partial charge in [-0.2, -0.15) is 36.5 Å². The van der Waals surface area contributed by atoms with Crippen molar-refractivity contribution in [3.05, 3.63) is 119 Å². The molecule has 8 heterocycles. The molecule has 0 saturated carbocycles. The highest BCUT2D eigenvalue weighted by molar-refractivity contribution is 6.30. The first kappa shape index (κ1) is 42.3. The summed E-state index contributed by atoms with van der Waals surface area (Å²) in [5, 5.41) is 7.93. The Balaban J connectivity index is 0.000000176. The zero-order chi connectivity index (χ0) is 43.6. The van der Waals surface area contributed by atoms with E-state index in [1.54, 1.807) is 30.3 Å². The molecule has 1 aromatic carbocycles. The minimum atomic E-state index is -4.66. The van der Waals surface area contributed by atoms with Crippen molar-refractivity contribution >= 4 is 33.7 Å². The normalized spacial score (nSPS) is 16.9. The van der Waals surface area contributed by atoms with Crippen LogP contribution in [0.15, 0.2) is 79.4 Å². The molecule has 62 heavy (non-hydrogen) atoms. The van der Waals surface area contributed by atoms with Crippen LogP contribution in [-0.4, -0.2) is 52.7 Å². The van der Waals surface area contributed by atoms with E-state index in [-0.39, 0.29) is 27.8 Å². The van der Waals surface area contributed by atoms with Gasteiger partial charge < -0.3 is 9.47 Å². The van der Waals surface area contributed by atoms with Gasteiger partial charge in [-0.1, -0.05) is 23.4 Å². The molecule has 10 nitrogen and oxygen atoms in total. The summed E-state index contributed by atoms with van der Waals surface area (Å²) in [6, 6.07) is 13.6. The van der Waals surface area contributed by atoms with E-state index >= 15 is 0 Å². The Bertz CT molecular complexity index is 2880. The Morgan fingerprint density at radius 3 is 1.65 bits per heavy atom. The summed E-state index contributed by atoms with van der Waals surface area (Å²) in [5.74, 6) is 7.33. The number of hydrogen-bond donors (Lipinski definition) is 0. The summed E-state index contributed by atoms with van der Waals surface area (Å²) in [6.45, 7) is 0.989. The number of fused-ring (bicyclic) bond motifs is 2. The van der Waals surface area contributed by atoms with Gasteiger partial charge in [0.15, 0.2) is 11.4 Å². The minimum Gasteiger partial charge on any atom is -0.357 e. The van der Waals surface area contributed by atoms with Gasteiger partial charge in [0, 0.05) is 65.3 Å². The lowest BCUT2D eigenvalue weighted by Gasteiger charge is -2.22. The molecule has 0 bridgehead atoms. The molecule has 18 heteroatoms. The molecule has 0 N–H and O–H groups in total. The number of rotatable bonds is 4. The van der Waals surface area contributed by atoms with Crippen LogP contribution in [0.1, 0.15) is 79.3 Å². The topological polar surface area (TPSA) is 106 Å². The fourth-order valence-corrected chi connectivity index (χ4v) is 7.14. The summed E-state index contributed by atoms with van der Waals surface area (Å²) in [4.78, 5) is 17.1. The first-order valence-electron chi connectivity index (χ1n) is 19.3. The third-order valence-electron chi connectivity index (χ3n) is 10.0. The number of hydrogen-bond acceptors (Lipinski definition) is 8. The number of aromatic nitrogens is 8. The van der Waals surface area contributed by atoms with Gasteiger partial charge in [-0.15, -0.1) is 6.42 Å². The fraction of sp³-hybridized carbons (Fsp3) is 0.273. The third-order valence-corrected chi connectivity index (χ3v) is 10.2. The maximum atomic E-state index is 13.9. The van der Waals surface area contributed by atoms with Crippen LogP contribution in [-0.2, 0) is 21.8 Å². The molecule has 0 amide bonds. The van der Waals surface area contributed by atoms with E-state index in [0.29, 0.717) is 64.5 Å². The zero-order valence-corrected chi connectivity index (χ0v) is 33.1. The molecule has 2 saturated heterocycles. The lowest BCUT2D eigenvalue weighted by atomic mass is 10.1. The standard InChI is InChI=1S/C25H17ClF4N4O.C19H15F3N4O/c26-17-5-8-20(27)15(11-17)4-6-18-7-9-21-22(32-18)12-16(13-31-21)19-14-34(23-3-1-2-10-35-23)33-24(19)25(28,29)30;1-2-13-6-7-15-16(24-13)9-12(10-23-15)14-11-26(17-5-3-4-8-27-17)25-18(14)19(20,21)22/h5,7-9,11-14,23H,1-3,10H2;1,6-7,9-11,17H,3-5,8H2. The van der Waals surface area contributed by atoms with Gasteiger partial charge >= 0.3 is 12.4 Å². The Hall–Kier alpha value is -6.40. The number of benzene rings is 1. The van der Waals surface area contributed by atoms with E-state index in [4.69, 9.17) is 27.5 Å². The Labute approximate surface area is 354 Å². The molecule has 9 rings (SSSR count). The van der Waals surface area contributed by atoms with Crippen molar-refractivity contribution in [1.82, 2.24) is 39.5 Å². The Morgan fingerprint density at radius 2 is 1.16 bits per heavy atom. The maximum absolute atomic E-state index is 13.9. The van der Waals surface area contributed by atoms with Gasteiger partial charge in [0.1, 0.15) is 29.7 Å². The predicted molar refractivity (Wildman–Crippen MR) is 215 cm³/mol. The molecule has 316 valence electrons. The molecule has 0 aliphatic carbocycles. The average Bonchev–Trinajstić information content (AvgIpc) is 3.94. The van der Waals surface area contributed by atoms with Crippen LogP contribution in [0, 0.1) is 30.0 Å². The highest BCUT2D eigenvalue weighted by Crippen LogP contribution is 2.40. The second-order valence-electron chi connectivity index (χ2n) is 14.3. The largest absolute Gasteiger partial charge is 0.435 e. The van der Waals surface area contributed by atoms with Crippen LogP contribution < -0.4 is 0 Å². The van der Waals surface area contributed by atoms with E-state index in [9.17, 15) is 30.7 Å². The van der Waals surface area contributed by atoms with Crippen LogP contribution in [0.5, 0.6) is 0 Å². The molecule has 2 aliphatic heterocycles. The number of ether oxygens (including phenoxy) is 2. The van der Waals surface area contributed by atoms with Gasteiger partial charge in [-0.3, -0.25) is 9.97 Å². The molecule has 2 unspecified atom stereocenters. The van der Waals surface area contributed by atoms with Crippen molar-refractivity contribution in [2.45, 2.75) is 63.3 Å². The Kier molecular flexibility index (Phi) is 12.0. The number of halogens is 8. The van der Waals surface area contributed by atoms with Gasteiger partial charge in [0.25, 0.3) is 0 Å². The quantitative estimate of drug-likeness (QED) is 0.127. The van der Waals surface area contributed by atoms with E-state index < -0.39 is 42.0 Å².